The van der Waals surface area contributed by atoms with E-state index in [9.17, 15) is 8.42 Å². The summed E-state index contributed by atoms with van der Waals surface area (Å²) in [5.74, 6) is 0. The second-order valence-corrected chi connectivity index (χ2v) is 5.10. The lowest BCUT2D eigenvalue weighted by molar-refractivity contribution is 0.601. The summed E-state index contributed by atoms with van der Waals surface area (Å²) >= 11 is 0. The Hall–Kier alpha value is -2.08. The third kappa shape index (κ3) is 2.73. The fourth-order valence-corrected chi connectivity index (χ4v) is 2.33. The zero-order valence-electron chi connectivity index (χ0n) is 8.87. The fourth-order valence-electron chi connectivity index (χ4n) is 1.28. The minimum Gasteiger partial charge on any atom is -0.399 e. The molecule has 0 radical (unpaired) electrons. The van der Waals surface area contributed by atoms with E-state index in [0.717, 1.165) is 0 Å². The second kappa shape index (κ2) is 4.42. The van der Waals surface area contributed by atoms with Crippen molar-refractivity contribution in [3.8, 4) is 0 Å². The van der Waals surface area contributed by atoms with Crippen molar-refractivity contribution in [1.82, 2.24) is 4.98 Å². The Morgan fingerprint density at radius 3 is 2.41 bits per heavy atom. The van der Waals surface area contributed by atoms with Gasteiger partial charge in [0.25, 0.3) is 10.0 Å². The summed E-state index contributed by atoms with van der Waals surface area (Å²) in [7, 11) is -3.58. The highest BCUT2D eigenvalue weighted by molar-refractivity contribution is 7.92. The van der Waals surface area contributed by atoms with Gasteiger partial charge in [-0.1, -0.05) is 0 Å². The van der Waals surface area contributed by atoms with Crippen LogP contribution in [0.4, 0.5) is 11.4 Å². The van der Waals surface area contributed by atoms with Gasteiger partial charge in [-0.05, 0) is 36.4 Å². The number of anilines is 2. The molecule has 0 aliphatic rings. The number of sulfonamides is 1. The number of hydrogen-bond donors (Lipinski definition) is 2. The van der Waals surface area contributed by atoms with Gasteiger partial charge in [-0.3, -0.25) is 9.71 Å². The van der Waals surface area contributed by atoms with Crippen molar-refractivity contribution in [3.05, 3.63) is 48.8 Å². The van der Waals surface area contributed by atoms with Crippen LogP contribution in [0.2, 0.25) is 0 Å². The third-order valence-electron chi connectivity index (χ3n) is 2.10. The number of pyridine rings is 1. The van der Waals surface area contributed by atoms with Crippen molar-refractivity contribution in [2.45, 2.75) is 4.90 Å². The number of benzene rings is 1. The van der Waals surface area contributed by atoms with E-state index in [2.05, 4.69) is 9.71 Å². The van der Waals surface area contributed by atoms with Crippen molar-refractivity contribution in [3.63, 3.8) is 0 Å². The summed E-state index contributed by atoms with van der Waals surface area (Å²) < 4.78 is 26.3. The molecule has 0 fully saturated rings. The molecule has 17 heavy (non-hydrogen) atoms. The second-order valence-electron chi connectivity index (χ2n) is 3.42. The molecule has 1 heterocycles. The molecule has 0 aliphatic heterocycles. The minimum atomic E-state index is -3.58. The summed E-state index contributed by atoms with van der Waals surface area (Å²) in [6.45, 7) is 0. The zero-order valence-corrected chi connectivity index (χ0v) is 9.68. The van der Waals surface area contributed by atoms with E-state index in [-0.39, 0.29) is 4.90 Å². The highest BCUT2D eigenvalue weighted by Gasteiger charge is 2.13. The number of aromatic nitrogens is 1. The van der Waals surface area contributed by atoms with Crippen LogP contribution in [-0.2, 0) is 10.0 Å². The summed E-state index contributed by atoms with van der Waals surface area (Å²) in [5, 5.41) is 0. The maximum atomic E-state index is 11.9. The van der Waals surface area contributed by atoms with Crippen LogP contribution < -0.4 is 10.5 Å². The van der Waals surface area contributed by atoms with Crippen molar-refractivity contribution >= 4 is 21.4 Å². The number of nitrogens with zero attached hydrogens (tertiary/aromatic N) is 1. The SMILES string of the molecule is Nc1ccc(S(=O)(=O)Nc2cccnc2)cc1. The molecule has 88 valence electrons. The topological polar surface area (TPSA) is 85.1 Å². The monoisotopic (exact) mass is 249 g/mol. The molecular weight excluding hydrogens is 238 g/mol. The standard InChI is InChI=1S/C11H11N3O2S/c12-9-3-5-11(6-4-9)17(15,16)14-10-2-1-7-13-8-10/h1-8,14H,12H2. The van der Waals surface area contributed by atoms with E-state index in [1.165, 1.54) is 30.5 Å². The number of nitrogens with one attached hydrogen (secondary N) is 1. The lowest BCUT2D eigenvalue weighted by Gasteiger charge is -2.07. The summed E-state index contributed by atoms with van der Waals surface area (Å²) in [6.07, 6.45) is 3.01. The summed E-state index contributed by atoms with van der Waals surface area (Å²) in [6, 6.07) is 9.26. The van der Waals surface area contributed by atoms with Crippen molar-refractivity contribution in [2.24, 2.45) is 0 Å². The molecule has 3 N–H and O–H groups in total. The van der Waals surface area contributed by atoms with Gasteiger partial charge in [0.1, 0.15) is 0 Å². The average molecular weight is 249 g/mol. The fraction of sp³-hybridized carbons (Fsp3) is 0. The number of nitrogens with two attached hydrogens (primary N) is 1. The smallest absolute Gasteiger partial charge is 0.261 e. The van der Waals surface area contributed by atoms with E-state index < -0.39 is 10.0 Å². The summed E-state index contributed by atoms with van der Waals surface area (Å²) in [4.78, 5) is 3.99. The van der Waals surface area contributed by atoms with Crippen LogP contribution in [0.5, 0.6) is 0 Å². The van der Waals surface area contributed by atoms with Gasteiger partial charge in [-0.2, -0.15) is 0 Å². The molecule has 0 bridgehead atoms. The molecule has 5 nitrogen and oxygen atoms in total. The van der Waals surface area contributed by atoms with Crippen LogP contribution in [0, 0.1) is 0 Å². The Kier molecular flexibility index (Phi) is 2.97. The average Bonchev–Trinajstić information content (AvgIpc) is 2.30. The number of rotatable bonds is 3. The molecule has 0 saturated carbocycles. The van der Waals surface area contributed by atoms with Gasteiger partial charge in [0.15, 0.2) is 0 Å². The Bertz CT molecular complexity index is 594. The van der Waals surface area contributed by atoms with Gasteiger partial charge in [0.05, 0.1) is 16.8 Å². The van der Waals surface area contributed by atoms with E-state index in [0.29, 0.717) is 11.4 Å². The molecule has 6 heteroatoms. The first-order chi connectivity index (χ1) is 8.08. The molecule has 2 rings (SSSR count). The van der Waals surface area contributed by atoms with Gasteiger partial charge in [-0.15, -0.1) is 0 Å². The molecule has 0 saturated heterocycles. The molecule has 0 amide bonds. The number of hydrogen-bond acceptors (Lipinski definition) is 4. The Morgan fingerprint density at radius 2 is 1.82 bits per heavy atom. The van der Waals surface area contributed by atoms with Crippen molar-refractivity contribution in [2.75, 3.05) is 10.5 Å². The highest BCUT2D eigenvalue weighted by Crippen LogP contribution is 2.15. The molecule has 0 aliphatic carbocycles. The van der Waals surface area contributed by atoms with E-state index in [1.54, 1.807) is 18.3 Å². The van der Waals surface area contributed by atoms with Crippen LogP contribution >= 0.6 is 0 Å². The molecular formula is C11H11N3O2S. The highest BCUT2D eigenvalue weighted by atomic mass is 32.2. The predicted molar refractivity (Wildman–Crippen MR) is 65.9 cm³/mol. The molecule has 0 atom stereocenters. The van der Waals surface area contributed by atoms with E-state index >= 15 is 0 Å². The Balaban J connectivity index is 2.29. The molecule has 2 aromatic rings. The molecule has 1 aromatic heterocycles. The van der Waals surface area contributed by atoms with Gasteiger partial charge in [0.2, 0.25) is 0 Å². The minimum absolute atomic E-state index is 0.163. The van der Waals surface area contributed by atoms with E-state index in [4.69, 9.17) is 5.73 Å². The first-order valence-electron chi connectivity index (χ1n) is 4.86. The van der Waals surface area contributed by atoms with Crippen LogP contribution in [-0.4, -0.2) is 13.4 Å². The van der Waals surface area contributed by atoms with Crippen LogP contribution in [0.1, 0.15) is 0 Å². The van der Waals surface area contributed by atoms with Crippen LogP contribution in [0.15, 0.2) is 53.7 Å². The zero-order chi connectivity index (χ0) is 12.3. The molecule has 0 spiro atoms. The normalized spacial score (nSPS) is 11.1. The van der Waals surface area contributed by atoms with E-state index in [1.807, 2.05) is 0 Å². The summed E-state index contributed by atoms with van der Waals surface area (Å²) in [5.41, 5.74) is 6.44. The van der Waals surface area contributed by atoms with Gasteiger partial charge in [-0.25, -0.2) is 8.42 Å². The van der Waals surface area contributed by atoms with Crippen molar-refractivity contribution < 1.29 is 8.42 Å². The van der Waals surface area contributed by atoms with Crippen LogP contribution in [0.3, 0.4) is 0 Å². The van der Waals surface area contributed by atoms with Gasteiger partial charge >= 0.3 is 0 Å². The maximum absolute atomic E-state index is 11.9. The lowest BCUT2D eigenvalue weighted by atomic mass is 10.3. The van der Waals surface area contributed by atoms with Gasteiger partial charge in [0, 0.05) is 11.9 Å². The maximum Gasteiger partial charge on any atom is 0.261 e. The predicted octanol–water partition coefficient (Wildman–Crippen LogP) is 1.46. The van der Waals surface area contributed by atoms with Crippen molar-refractivity contribution in [1.29, 1.82) is 0 Å². The first-order valence-corrected chi connectivity index (χ1v) is 6.35. The largest absolute Gasteiger partial charge is 0.399 e. The lowest BCUT2D eigenvalue weighted by Crippen LogP contribution is -2.12. The third-order valence-corrected chi connectivity index (χ3v) is 3.50. The Morgan fingerprint density at radius 1 is 1.12 bits per heavy atom. The van der Waals surface area contributed by atoms with Crippen LogP contribution in [0.25, 0.3) is 0 Å². The van der Waals surface area contributed by atoms with Gasteiger partial charge < -0.3 is 5.73 Å². The molecule has 1 aromatic carbocycles. The quantitative estimate of drug-likeness (QED) is 0.806. The molecule has 0 unspecified atom stereocenters. The first kappa shape index (κ1) is 11.4. The number of nitrogen functional groups attached to an aromatic ring is 1. The Labute approximate surface area is 99.4 Å².